The monoisotopic (exact) mass is 182 g/mol. The summed E-state index contributed by atoms with van der Waals surface area (Å²) in [5, 5.41) is 0. The molecule has 2 nitrogen and oxygen atoms in total. The zero-order valence-electron chi connectivity index (χ0n) is 7.23. The van der Waals surface area contributed by atoms with Gasteiger partial charge in [-0.05, 0) is 42.3 Å². The highest BCUT2D eigenvalue weighted by atomic mass is 32.1. The van der Waals surface area contributed by atoms with Crippen LogP contribution in [-0.4, -0.2) is 4.37 Å². The molecular formula is C9H14N2S. The molecule has 2 atom stereocenters. The second kappa shape index (κ2) is 3.15. The van der Waals surface area contributed by atoms with Gasteiger partial charge in [0.15, 0.2) is 0 Å². The maximum absolute atomic E-state index is 6.09. The van der Waals surface area contributed by atoms with Gasteiger partial charge in [0.25, 0.3) is 0 Å². The highest BCUT2D eigenvalue weighted by molar-refractivity contribution is 7.05. The van der Waals surface area contributed by atoms with Crippen molar-refractivity contribution >= 4 is 11.5 Å². The number of nitrogens with zero attached hydrogens (tertiary/aromatic N) is 1. The van der Waals surface area contributed by atoms with Crippen LogP contribution in [0.2, 0.25) is 0 Å². The minimum absolute atomic E-state index is 0.213. The van der Waals surface area contributed by atoms with Crippen LogP contribution < -0.4 is 5.73 Å². The van der Waals surface area contributed by atoms with Gasteiger partial charge in [-0.25, -0.2) is 4.37 Å². The average molecular weight is 182 g/mol. The van der Waals surface area contributed by atoms with Crippen molar-refractivity contribution in [2.24, 2.45) is 17.6 Å². The zero-order valence-corrected chi connectivity index (χ0v) is 8.05. The van der Waals surface area contributed by atoms with E-state index in [1.807, 2.05) is 12.3 Å². The van der Waals surface area contributed by atoms with Crippen LogP contribution in [0.3, 0.4) is 0 Å². The molecule has 0 amide bonds. The Kier molecular flexibility index (Phi) is 2.15. The summed E-state index contributed by atoms with van der Waals surface area (Å²) in [5.74, 6) is 1.51. The van der Waals surface area contributed by atoms with Crippen molar-refractivity contribution in [3.8, 4) is 0 Å². The molecule has 2 rings (SSSR count). The van der Waals surface area contributed by atoms with Gasteiger partial charge < -0.3 is 5.73 Å². The number of rotatable bonds is 3. The third-order valence-electron chi connectivity index (χ3n) is 2.72. The third kappa shape index (κ3) is 1.52. The second-order valence-electron chi connectivity index (χ2n) is 3.64. The molecule has 0 spiro atoms. The van der Waals surface area contributed by atoms with E-state index in [4.69, 9.17) is 5.73 Å². The Hall–Kier alpha value is -0.410. The predicted octanol–water partition coefficient (Wildman–Crippen LogP) is 2.19. The van der Waals surface area contributed by atoms with Gasteiger partial charge in [-0.3, -0.25) is 0 Å². The van der Waals surface area contributed by atoms with Crippen LogP contribution in [0.5, 0.6) is 0 Å². The van der Waals surface area contributed by atoms with Crippen molar-refractivity contribution in [2.45, 2.75) is 25.8 Å². The lowest BCUT2D eigenvalue weighted by atomic mass is 9.96. The number of aromatic nitrogens is 1. The molecule has 1 aliphatic carbocycles. The van der Waals surface area contributed by atoms with E-state index in [1.165, 1.54) is 29.3 Å². The smallest absolute Gasteiger partial charge is 0.0434 e. The van der Waals surface area contributed by atoms with Gasteiger partial charge >= 0.3 is 0 Å². The van der Waals surface area contributed by atoms with Crippen molar-refractivity contribution in [3.63, 3.8) is 0 Å². The van der Waals surface area contributed by atoms with E-state index >= 15 is 0 Å². The van der Waals surface area contributed by atoms with E-state index in [1.54, 1.807) is 0 Å². The summed E-state index contributed by atoms with van der Waals surface area (Å²) in [5.41, 5.74) is 6.09. The molecule has 1 aromatic heterocycles. The van der Waals surface area contributed by atoms with Crippen molar-refractivity contribution < 1.29 is 0 Å². The lowest BCUT2D eigenvalue weighted by Crippen LogP contribution is -2.19. The SMILES string of the molecule is CC(C1CC1)C(N)c1ccns1. The number of nitrogens with two attached hydrogens (primary N) is 1. The summed E-state index contributed by atoms with van der Waals surface area (Å²) in [6.45, 7) is 2.25. The molecule has 2 unspecified atom stereocenters. The van der Waals surface area contributed by atoms with Gasteiger partial charge in [0.05, 0.1) is 0 Å². The maximum Gasteiger partial charge on any atom is 0.0434 e. The Bertz CT molecular complexity index is 241. The molecule has 0 aromatic carbocycles. The van der Waals surface area contributed by atoms with E-state index in [0.717, 1.165) is 5.92 Å². The van der Waals surface area contributed by atoms with Crippen LogP contribution in [0.1, 0.15) is 30.7 Å². The van der Waals surface area contributed by atoms with Crippen LogP contribution in [0.15, 0.2) is 12.3 Å². The third-order valence-corrected chi connectivity index (χ3v) is 3.56. The summed E-state index contributed by atoms with van der Waals surface area (Å²) in [7, 11) is 0. The Morgan fingerprint density at radius 1 is 1.67 bits per heavy atom. The fourth-order valence-electron chi connectivity index (χ4n) is 1.57. The van der Waals surface area contributed by atoms with E-state index in [2.05, 4.69) is 11.3 Å². The molecule has 12 heavy (non-hydrogen) atoms. The molecule has 1 saturated carbocycles. The average Bonchev–Trinajstić information content (AvgIpc) is 2.79. The van der Waals surface area contributed by atoms with E-state index in [9.17, 15) is 0 Å². The predicted molar refractivity (Wildman–Crippen MR) is 50.9 cm³/mol. The van der Waals surface area contributed by atoms with Gasteiger partial charge in [-0.15, -0.1) is 0 Å². The quantitative estimate of drug-likeness (QED) is 0.778. The second-order valence-corrected chi connectivity index (χ2v) is 4.50. The topological polar surface area (TPSA) is 38.9 Å². The van der Waals surface area contributed by atoms with Crippen LogP contribution in [0.4, 0.5) is 0 Å². The number of hydrogen-bond donors (Lipinski definition) is 1. The van der Waals surface area contributed by atoms with E-state index < -0.39 is 0 Å². The fourth-order valence-corrected chi connectivity index (χ4v) is 2.27. The standard InChI is InChI=1S/C9H14N2S/c1-6(7-2-3-7)9(10)8-4-5-11-12-8/h4-7,9H,2-3,10H2,1H3. The van der Waals surface area contributed by atoms with Gasteiger partial charge in [-0.2, -0.15) is 0 Å². The molecule has 1 heterocycles. The van der Waals surface area contributed by atoms with Crippen molar-refractivity contribution in [2.75, 3.05) is 0 Å². The van der Waals surface area contributed by atoms with Crippen LogP contribution in [0, 0.1) is 11.8 Å². The molecule has 1 fully saturated rings. The fraction of sp³-hybridized carbons (Fsp3) is 0.667. The molecule has 1 aliphatic rings. The normalized spacial score (nSPS) is 22.2. The molecule has 0 bridgehead atoms. The van der Waals surface area contributed by atoms with Crippen molar-refractivity contribution in [1.29, 1.82) is 0 Å². The molecular weight excluding hydrogens is 168 g/mol. The van der Waals surface area contributed by atoms with Gasteiger partial charge in [0, 0.05) is 17.1 Å². The zero-order chi connectivity index (χ0) is 8.55. The lowest BCUT2D eigenvalue weighted by Gasteiger charge is -2.16. The Balaban J connectivity index is 2.03. The summed E-state index contributed by atoms with van der Waals surface area (Å²) in [6, 6.07) is 2.25. The first-order chi connectivity index (χ1) is 5.79. The van der Waals surface area contributed by atoms with E-state index in [0.29, 0.717) is 5.92 Å². The molecule has 66 valence electrons. The van der Waals surface area contributed by atoms with Gasteiger partial charge in [0.1, 0.15) is 0 Å². The van der Waals surface area contributed by atoms with Gasteiger partial charge in [0.2, 0.25) is 0 Å². The minimum Gasteiger partial charge on any atom is -0.323 e. The Labute approximate surface area is 77.0 Å². The van der Waals surface area contributed by atoms with Crippen molar-refractivity contribution in [3.05, 3.63) is 17.1 Å². The van der Waals surface area contributed by atoms with Crippen LogP contribution in [0.25, 0.3) is 0 Å². The highest BCUT2D eigenvalue weighted by Gasteiger charge is 2.32. The molecule has 1 aromatic rings. The first-order valence-electron chi connectivity index (χ1n) is 4.45. The molecule has 0 radical (unpaired) electrons. The van der Waals surface area contributed by atoms with Crippen LogP contribution in [-0.2, 0) is 0 Å². The Morgan fingerprint density at radius 2 is 2.42 bits per heavy atom. The highest BCUT2D eigenvalue weighted by Crippen LogP contribution is 2.42. The van der Waals surface area contributed by atoms with E-state index in [-0.39, 0.29) is 6.04 Å². The summed E-state index contributed by atoms with van der Waals surface area (Å²) in [4.78, 5) is 1.23. The molecule has 3 heteroatoms. The first-order valence-corrected chi connectivity index (χ1v) is 5.22. The summed E-state index contributed by atoms with van der Waals surface area (Å²) >= 11 is 1.53. The van der Waals surface area contributed by atoms with Crippen LogP contribution >= 0.6 is 11.5 Å². The van der Waals surface area contributed by atoms with Gasteiger partial charge in [-0.1, -0.05) is 6.92 Å². The summed E-state index contributed by atoms with van der Waals surface area (Å²) in [6.07, 6.45) is 4.57. The first kappa shape index (κ1) is 8.20. The molecule has 0 aliphatic heterocycles. The van der Waals surface area contributed by atoms with Crippen molar-refractivity contribution in [1.82, 2.24) is 4.37 Å². The minimum atomic E-state index is 0.213. The number of hydrogen-bond acceptors (Lipinski definition) is 3. The maximum atomic E-state index is 6.09. The Morgan fingerprint density at radius 3 is 2.92 bits per heavy atom. The summed E-state index contributed by atoms with van der Waals surface area (Å²) < 4.78 is 4.07. The molecule has 2 N–H and O–H groups in total. The largest absolute Gasteiger partial charge is 0.323 e. The lowest BCUT2D eigenvalue weighted by molar-refractivity contribution is 0.422. The molecule has 0 saturated heterocycles.